The minimum absolute atomic E-state index is 0.112. The highest BCUT2D eigenvalue weighted by atomic mass is 35.5. The van der Waals surface area contributed by atoms with Crippen molar-refractivity contribution in [3.05, 3.63) is 32.8 Å². The number of thiocarbonyl (C=S) groups is 1. The number of halogens is 1. The van der Waals surface area contributed by atoms with Crippen molar-refractivity contribution in [2.24, 2.45) is 5.10 Å². The standard InChI is InChI=1S/C9H9ClN4O3S/c1-11-9(18)13-12-4-5-2-6(10)3-7(8(5)15)14(16)17/h2-4,15H,1H3,(H2,11,13,18)/b12-4-. The second kappa shape index (κ2) is 6.12. The van der Waals surface area contributed by atoms with E-state index >= 15 is 0 Å². The van der Waals surface area contributed by atoms with Gasteiger partial charge in [0.25, 0.3) is 0 Å². The van der Waals surface area contributed by atoms with Crippen LogP contribution in [0.3, 0.4) is 0 Å². The molecule has 0 saturated carbocycles. The first-order chi connectivity index (χ1) is 8.45. The summed E-state index contributed by atoms with van der Waals surface area (Å²) in [4.78, 5) is 9.92. The van der Waals surface area contributed by atoms with Gasteiger partial charge in [-0.25, -0.2) is 0 Å². The number of phenols is 1. The predicted molar refractivity (Wildman–Crippen MR) is 72.2 cm³/mol. The van der Waals surface area contributed by atoms with Crippen molar-refractivity contribution in [2.45, 2.75) is 0 Å². The molecule has 96 valence electrons. The van der Waals surface area contributed by atoms with Gasteiger partial charge in [0, 0.05) is 23.7 Å². The van der Waals surface area contributed by atoms with E-state index in [1.54, 1.807) is 7.05 Å². The van der Waals surface area contributed by atoms with Crippen LogP contribution in [0.2, 0.25) is 5.02 Å². The summed E-state index contributed by atoms with van der Waals surface area (Å²) in [5.41, 5.74) is 2.07. The molecule has 0 atom stereocenters. The molecule has 1 rings (SSSR count). The molecular formula is C9H9ClN4O3S. The number of nitrogens with one attached hydrogen (secondary N) is 2. The number of phenolic OH excluding ortho intramolecular Hbond substituents is 1. The van der Waals surface area contributed by atoms with E-state index in [2.05, 4.69) is 15.8 Å². The number of nitro groups is 1. The molecule has 1 aromatic rings. The Morgan fingerprint density at radius 3 is 2.89 bits per heavy atom. The van der Waals surface area contributed by atoms with Gasteiger partial charge >= 0.3 is 5.69 Å². The van der Waals surface area contributed by atoms with Gasteiger partial charge in [-0.2, -0.15) is 5.10 Å². The fraction of sp³-hybridized carbons (Fsp3) is 0.111. The van der Waals surface area contributed by atoms with Crippen molar-refractivity contribution in [1.82, 2.24) is 10.7 Å². The van der Waals surface area contributed by atoms with E-state index in [1.165, 1.54) is 12.3 Å². The lowest BCUT2D eigenvalue weighted by atomic mass is 10.2. The topological polar surface area (TPSA) is 99.8 Å². The third kappa shape index (κ3) is 3.54. The van der Waals surface area contributed by atoms with Crippen LogP contribution in [0, 0.1) is 10.1 Å². The molecule has 0 spiro atoms. The van der Waals surface area contributed by atoms with Crippen LogP contribution in [0.5, 0.6) is 5.75 Å². The van der Waals surface area contributed by atoms with E-state index in [0.29, 0.717) is 0 Å². The average Bonchev–Trinajstić information content (AvgIpc) is 2.32. The Hall–Kier alpha value is -1.93. The van der Waals surface area contributed by atoms with Crippen molar-refractivity contribution in [1.29, 1.82) is 0 Å². The zero-order chi connectivity index (χ0) is 13.7. The second-order valence-electron chi connectivity index (χ2n) is 3.07. The lowest BCUT2D eigenvalue weighted by molar-refractivity contribution is -0.385. The molecule has 0 aliphatic heterocycles. The van der Waals surface area contributed by atoms with Crippen LogP contribution in [0.25, 0.3) is 0 Å². The van der Waals surface area contributed by atoms with Gasteiger partial charge in [-0.1, -0.05) is 11.6 Å². The van der Waals surface area contributed by atoms with Gasteiger partial charge in [0.2, 0.25) is 5.75 Å². The van der Waals surface area contributed by atoms with Gasteiger partial charge < -0.3 is 10.4 Å². The molecule has 18 heavy (non-hydrogen) atoms. The van der Waals surface area contributed by atoms with Gasteiger partial charge in [-0.3, -0.25) is 15.5 Å². The third-order valence-corrected chi connectivity index (χ3v) is 2.39. The van der Waals surface area contributed by atoms with Crippen LogP contribution < -0.4 is 10.7 Å². The lowest BCUT2D eigenvalue weighted by Gasteiger charge is -2.02. The van der Waals surface area contributed by atoms with Crippen LogP contribution in [0.4, 0.5) is 5.69 Å². The van der Waals surface area contributed by atoms with Crippen LogP contribution in [0.1, 0.15) is 5.56 Å². The Balaban J connectivity index is 3.02. The van der Waals surface area contributed by atoms with Crippen LogP contribution >= 0.6 is 23.8 Å². The number of hydrogen-bond acceptors (Lipinski definition) is 5. The van der Waals surface area contributed by atoms with E-state index < -0.39 is 16.4 Å². The summed E-state index contributed by atoms with van der Waals surface area (Å²) in [7, 11) is 1.60. The Morgan fingerprint density at radius 2 is 2.33 bits per heavy atom. The minimum atomic E-state index is -0.732. The van der Waals surface area contributed by atoms with Gasteiger partial charge in [0.05, 0.1) is 11.1 Å². The molecule has 0 fully saturated rings. The predicted octanol–water partition coefficient (Wildman–Crippen LogP) is 1.38. The highest BCUT2D eigenvalue weighted by molar-refractivity contribution is 7.80. The lowest BCUT2D eigenvalue weighted by Crippen LogP contribution is -2.28. The summed E-state index contributed by atoms with van der Waals surface area (Å²) in [6.45, 7) is 0. The minimum Gasteiger partial charge on any atom is -0.502 e. The van der Waals surface area contributed by atoms with Crippen molar-refractivity contribution >= 4 is 40.8 Å². The highest BCUT2D eigenvalue weighted by Crippen LogP contribution is 2.32. The average molecular weight is 289 g/mol. The molecule has 0 unspecified atom stereocenters. The molecule has 0 radical (unpaired) electrons. The molecule has 0 bridgehead atoms. The molecular weight excluding hydrogens is 280 g/mol. The fourth-order valence-electron chi connectivity index (χ4n) is 1.06. The van der Waals surface area contributed by atoms with Gasteiger partial charge in [0.1, 0.15) is 0 Å². The Morgan fingerprint density at radius 1 is 1.67 bits per heavy atom. The molecule has 3 N–H and O–H groups in total. The Kier molecular flexibility index (Phi) is 4.81. The van der Waals surface area contributed by atoms with Crippen LogP contribution in [0.15, 0.2) is 17.2 Å². The van der Waals surface area contributed by atoms with Gasteiger partial charge in [-0.05, 0) is 18.3 Å². The number of benzene rings is 1. The van der Waals surface area contributed by atoms with Gasteiger partial charge in [-0.15, -0.1) is 0 Å². The number of rotatable bonds is 3. The quantitative estimate of drug-likeness (QED) is 0.336. The van der Waals surface area contributed by atoms with Crippen molar-refractivity contribution in [2.75, 3.05) is 7.05 Å². The van der Waals surface area contributed by atoms with Crippen LogP contribution in [-0.4, -0.2) is 28.4 Å². The number of aromatic hydroxyl groups is 1. The largest absolute Gasteiger partial charge is 0.502 e. The summed E-state index contributed by atoms with van der Waals surface area (Å²) in [6, 6.07) is 2.40. The molecule has 7 nitrogen and oxygen atoms in total. The first kappa shape index (κ1) is 14.1. The Labute approximate surface area is 113 Å². The molecule has 0 heterocycles. The fourth-order valence-corrected chi connectivity index (χ4v) is 1.33. The van der Waals surface area contributed by atoms with Crippen molar-refractivity contribution < 1.29 is 10.0 Å². The third-order valence-electron chi connectivity index (χ3n) is 1.88. The normalized spacial score (nSPS) is 10.3. The SMILES string of the molecule is CNC(=S)N/N=C\c1cc(Cl)cc([N+](=O)[O-])c1O. The monoisotopic (exact) mass is 288 g/mol. The number of nitro benzene ring substituents is 1. The first-order valence-electron chi connectivity index (χ1n) is 4.63. The molecule has 0 amide bonds. The van der Waals surface area contributed by atoms with Crippen LogP contribution in [-0.2, 0) is 0 Å². The first-order valence-corrected chi connectivity index (χ1v) is 5.42. The number of hydrazone groups is 1. The van der Waals surface area contributed by atoms with Gasteiger partial charge in [0.15, 0.2) is 5.11 Å². The van der Waals surface area contributed by atoms with E-state index in [0.717, 1.165) is 6.07 Å². The maximum atomic E-state index is 10.7. The Bertz CT molecular complexity index is 521. The maximum absolute atomic E-state index is 10.7. The molecule has 0 saturated heterocycles. The maximum Gasteiger partial charge on any atom is 0.312 e. The van der Waals surface area contributed by atoms with E-state index in [1.807, 2.05) is 0 Å². The summed E-state index contributed by atoms with van der Waals surface area (Å²) < 4.78 is 0. The number of nitrogens with zero attached hydrogens (tertiary/aromatic N) is 2. The summed E-state index contributed by atoms with van der Waals surface area (Å²) >= 11 is 10.5. The molecule has 9 heteroatoms. The second-order valence-corrected chi connectivity index (χ2v) is 3.91. The van der Waals surface area contributed by atoms with Crippen molar-refractivity contribution in [3.63, 3.8) is 0 Å². The van der Waals surface area contributed by atoms with E-state index in [9.17, 15) is 15.2 Å². The number of hydrogen-bond donors (Lipinski definition) is 3. The summed E-state index contributed by atoms with van der Waals surface area (Å²) in [6.07, 6.45) is 1.18. The smallest absolute Gasteiger partial charge is 0.312 e. The molecule has 0 aliphatic rings. The zero-order valence-corrected chi connectivity index (χ0v) is 10.7. The summed E-state index contributed by atoms with van der Waals surface area (Å²) in [5.74, 6) is -0.509. The zero-order valence-electron chi connectivity index (χ0n) is 9.18. The van der Waals surface area contributed by atoms with E-state index in [4.69, 9.17) is 23.8 Å². The highest BCUT2D eigenvalue weighted by Gasteiger charge is 2.17. The van der Waals surface area contributed by atoms with Crippen molar-refractivity contribution in [3.8, 4) is 5.75 Å². The molecule has 1 aromatic carbocycles. The summed E-state index contributed by atoms with van der Waals surface area (Å²) in [5, 5.41) is 27.0. The van der Waals surface area contributed by atoms with E-state index in [-0.39, 0.29) is 15.7 Å². The molecule has 0 aromatic heterocycles. The molecule has 0 aliphatic carbocycles.